The maximum atomic E-state index is 4.49. The van der Waals surface area contributed by atoms with E-state index in [1.807, 2.05) is 18.3 Å². The molecule has 3 heteroatoms. The molecule has 0 saturated carbocycles. The predicted octanol–water partition coefficient (Wildman–Crippen LogP) is 3.54. The van der Waals surface area contributed by atoms with E-state index >= 15 is 0 Å². The number of nitrogens with zero attached hydrogens (tertiary/aromatic N) is 2. The van der Waals surface area contributed by atoms with Crippen LogP contribution in [0.4, 0.5) is 0 Å². The molecule has 18 heavy (non-hydrogen) atoms. The van der Waals surface area contributed by atoms with Crippen LogP contribution in [0, 0.1) is 0 Å². The van der Waals surface area contributed by atoms with Crippen molar-refractivity contribution in [1.82, 2.24) is 9.88 Å². The molecule has 0 aliphatic carbocycles. The maximum absolute atomic E-state index is 4.49. The van der Waals surface area contributed by atoms with Crippen LogP contribution in [0.2, 0.25) is 0 Å². The van der Waals surface area contributed by atoms with Crippen LogP contribution in [-0.4, -0.2) is 30.5 Å². The molecule has 2 rings (SSSR count). The molecular formula is C15H17BrN2. The first kappa shape index (κ1) is 13.2. The number of pyridine rings is 1. The Labute approximate surface area is 117 Å². The molecule has 1 aromatic carbocycles. The van der Waals surface area contributed by atoms with Crippen molar-refractivity contribution >= 4 is 15.9 Å². The minimum absolute atomic E-state index is 0.314. The maximum Gasteiger partial charge on any atom is 0.0491 e. The van der Waals surface area contributed by atoms with Gasteiger partial charge in [0.1, 0.15) is 0 Å². The molecule has 0 radical (unpaired) electrons. The van der Waals surface area contributed by atoms with Gasteiger partial charge in [0.25, 0.3) is 0 Å². The zero-order valence-electron chi connectivity index (χ0n) is 10.7. The molecule has 0 spiro atoms. The summed E-state index contributed by atoms with van der Waals surface area (Å²) < 4.78 is 1.11. The van der Waals surface area contributed by atoms with Crippen molar-refractivity contribution in [2.45, 2.75) is 5.92 Å². The van der Waals surface area contributed by atoms with Gasteiger partial charge in [0.15, 0.2) is 0 Å². The van der Waals surface area contributed by atoms with Crippen molar-refractivity contribution in [2.24, 2.45) is 0 Å². The van der Waals surface area contributed by atoms with Crippen molar-refractivity contribution in [3.8, 4) is 0 Å². The van der Waals surface area contributed by atoms with Crippen LogP contribution in [-0.2, 0) is 0 Å². The first-order valence-electron chi connectivity index (χ1n) is 5.98. The average Bonchev–Trinajstić information content (AvgIpc) is 2.38. The van der Waals surface area contributed by atoms with Crippen LogP contribution < -0.4 is 0 Å². The highest BCUT2D eigenvalue weighted by atomic mass is 79.9. The van der Waals surface area contributed by atoms with Gasteiger partial charge in [-0.25, -0.2) is 0 Å². The lowest BCUT2D eigenvalue weighted by Crippen LogP contribution is -2.21. The molecule has 0 saturated heterocycles. The van der Waals surface area contributed by atoms with Gasteiger partial charge in [-0.2, -0.15) is 0 Å². The average molecular weight is 305 g/mol. The van der Waals surface area contributed by atoms with Gasteiger partial charge < -0.3 is 4.90 Å². The van der Waals surface area contributed by atoms with E-state index in [1.165, 1.54) is 5.56 Å². The minimum Gasteiger partial charge on any atom is -0.308 e. The molecule has 1 heterocycles. The standard InChI is InChI=1S/C15H17BrN2/c1-18(2)11-14(15-5-3-4-10-17-15)12-6-8-13(16)9-7-12/h3-10,14H,11H2,1-2H3. The van der Waals surface area contributed by atoms with E-state index in [4.69, 9.17) is 0 Å². The Hall–Kier alpha value is -1.19. The van der Waals surface area contributed by atoms with Gasteiger partial charge in [0.05, 0.1) is 0 Å². The van der Waals surface area contributed by atoms with Crippen molar-refractivity contribution < 1.29 is 0 Å². The second-order valence-corrected chi connectivity index (χ2v) is 5.54. The fourth-order valence-corrected chi connectivity index (χ4v) is 2.28. The fourth-order valence-electron chi connectivity index (χ4n) is 2.01. The lowest BCUT2D eigenvalue weighted by atomic mass is 9.95. The smallest absolute Gasteiger partial charge is 0.0491 e. The number of hydrogen-bond donors (Lipinski definition) is 0. The summed E-state index contributed by atoms with van der Waals surface area (Å²) in [6.07, 6.45) is 1.86. The number of rotatable bonds is 4. The monoisotopic (exact) mass is 304 g/mol. The SMILES string of the molecule is CN(C)CC(c1ccc(Br)cc1)c1ccccn1. The molecule has 2 aromatic rings. The summed E-state index contributed by atoms with van der Waals surface area (Å²) in [5.74, 6) is 0.314. The summed E-state index contributed by atoms with van der Waals surface area (Å²) in [7, 11) is 4.18. The van der Waals surface area contributed by atoms with Crippen LogP contribution >= 0.6 is 15.9 Å². The van der Waals surface area contributed by atoms with Crippen molar-refractivity contribution in [3.05, 3.63) is 64.4 Å². The van der Waals surface area contributed by atoms with Gasteiger partial charge in [0.2, 0.25) is 0 Å². The molecule has 1 unspecified atom stereocenters. The van der Waals surface area contributed by atoms with Crippen LogP contribution in [0.1, 0.15) is 17.2 Å². The first-order chi connectivity index (χ1) is 8.66. The Morgan fingerprint density at radius 1 is 1.11 bits per heavy atom. The third kappa shape index (κ3) is 3.40. The Kier molecular flexibility index (Phi) is 4.50. The normalized spacial score (nSPS) is 12.7. The van der Waals surface area contributed by atoms with Crippen molar-refractivity contribution in [3.63, 3.8) is 0 Å². The van der Waals surface area contributed by atoms with E-state index < -0.39 is 0 Å². The number of benzene rings is 1. The Morgan fingerprint density at radius 2 is 1.83 bits per heavy atom. The van der Waals surface area contributed by atoms with Gasteiger partial charge in [-0.15, -0.1) is 0 Å². The second kappa shape index (κ2) is 6.12. The van der Waals surface area contributed by atoms with E-state index in [9.17, 15) is 0 Å². The van der Waals surface area contributed by atoms with Crippen LogP contribution in [0.3, 0.4) is 0 Å². The molecule has 0 N–H and O–H groups in total. The zero-order valence-corrected chi connectivity index (χ0v) is 12.3. The molecule has 0 aliphatic heterocycles. The summed E-state index contributed by atoms with van der Waals surface area (Å²) in [5.41, 5.74) is 2.42. The highest BCUT2D eigenvalue weighted by molar-refractivity contribution is 9.10. The molecule has 0 bridgehead atoms. The van der Waals surface area contributed by atoms with Gasteiger partial charge in [-0.1, -0.05) is 34.1 Å². The largest absolute Gasteiger partial charge is 0.308 e. The third-order valence-electron chi connectivity index (χ3n) is 2.86. The fraction of sp³-hybridized carbons (Fsp3) is 0.267. The molecule has 2 nitrogen and oxygen atoms in total. The lowest BCUT2D eigenvalue weighted by molar-refractivity contribution is 0.389. The number of aromatic nitrogens is 1. The van der Waals surface area contributed by atoms with E-state index in [0.29, 0.717) is 5.92 Å². The number of hydrogen-bond acceptors (Lipinski definition) is 2. The lowest BCUT2D eigenvalue weighted by Gasteiger charge is -2.21. The van der Waals surface area contributed by atoms with Gasteiger partial charge in [-0.05, 0) is 43.9 Å². The van der Waals surface area contributed by atoms with Crippen molar-refractivity contribution in [1.29, 1.82) is 0 Å². The quantitative estimate of drug-likeness (QED) is 0.859. The van der Waals surface area contributed by atoms with Crippen LogP contribution in [0.5, 0.6) is 0 Å². The molecule has 0 fully saturated rings. The predicted molar refractivity (Wildman–Crippen MR) is 78.8 cm³/mol. The van der Waals surface area contributed by atoms with Crippen LogP contribution in [0.15, 0.2) is 53.1 Å². The first-order valence-corrected chi connectivity index (χ1v) is 6.77. The summed E-state index contributed by atoms with van der Waals surface area (Å²) in [5, 5.41) is 0. The number of halogens is 1. The second-order valence-electron chi connectivity index (χ2n) is 4.62. The topological polar surface area (TPSA) is 16.1 Å². The molecular weight excluding hydrogens is 288 g/mol. The molecule has 0 aliphatic rings. The summed E-state index contributed by atoms with van der Waals surface area (Å²) in [4.78, 5) is 6.69. The number of likely N-dealkylation sites (N-methyl/N-ethyl adjacent to an activating group) is 1. The van der Waals surface area contributed by atoms with E-state index in [-0.39, 0.29) is 0 Å². The molecule has 1 atom stereocenters. The van der Waals surface area contributed by atoms with Crippen molar-refractivity contribution in [2.75, 3.05) is 20.6 Å². The van der Waals surface area contributed by atoms with Crippen LogP contribution in [0.25, 0.3) is 0 Å². The summed E-state index contributed by atoms with van der Waals surface area (Å²) >= 11 is 3.48. The van der Waals surface area contributed by atoms with Gasteiger partial charge >= 0.3 is 0 Å². The van der Waals surface area contributed by atoms with Gasteiger partial charge in [-0.3, -0.25) is 4.98 Å². The highest BCUT2D eigenvalue weighted by Gasteiger charge is 2.16. The minimum atomic E-state index is 0.314. The molecule has 1 aromatic heterocycles. The summed E-state index contributed by atoms with van der Waals surface area (Å²) in [6.45, 7) is 0.957. The molecule has 94 valence electrons. The Balaban J connectivity index is 2.33. The van der Waals surface area contributed by atoms with E-state index in [2.05, 4.69) is 70.2 Å². The zero-order chi connectivity index (χ0) is 13.0. The third-order valence-corrected chi connectivity index (χ3v) is 3.39. The van der Waals surface area contributed by atoms with Gasteiger partial charge in [0, 0.05) is 28.8 Å². The summed E-state index contributed by atoms with van der Waals surface area (Å²) in [6, 6.07) is 14.6. The highest BCUT2D eigenvalue weighted by Crippen LogP contribution is 2.25. The Morgan fingerprint density at radius 3 is 2.39 bits per heavy atom. The molecule has 0 amide bonds. The Bertz CT molecular complexity index is 480. The van der Waals surface area contributed by atoms with E-state index in [0.717, 1.165) is 16.7 Å². The van der Waals surface area contributed by atoms with E-state index in [1.54, 1.807) is 0 Å².